The van der Waals surface area contributed by atoms with Gasteiger partial charge in [0, 0.05) is 26.2 Å². The normalized spacial score (nSPS) is 14.4. The van der Waals surface area contributed by atoms with Crippen molar-refractivity contribution in [3.8, 4) is 0 Å². The first kappa shape index (κ1) is 14.8. The topological polar surface area (TPSA) is 102 Å². The Morgan fingerprint density at radius 3 is 2.95 bits per heavy atom. The van der Waals surface area contributed by atoms with Crippen molar-refractivity contribution >= 4 is 11.6 Å². The Morgan fingerprint density at radius 2 is 2.25 bits per heavy atom. The molecule has 1 amide bonds. The highest BCUT2D eigenvalue weighted by Gasteiger charge is 2.30. The van der Waals surface area contributed by atoms with Crippen LogP contribution < -0.4 is 11.1 Å². The Labute approximate surface area is 118 Å². The number of amides is 1. The van der Waals surface area contributed by atoms with Gasteiger partial charge < -0.3 is 20.5 Å². The fraction of sp³-hybridized carbons (Fsp3) is 0.692. The van der Waals surface area contributed by atoms with Gasteiger partial charge in [0.2, 0.25) is 0 Å². The van der Waals surface area contributed by atoms with Crippen LogP contribution in [-0.4, -0.2) is 49.6 Å². The summed E-state index contributed by atoms with van der Waals surface area (Å²) in [5, 5.41) is 9.66. The molecule has 1 aromatic heterocycles. The molecule has 0 aliphatic heterocycles. The number of carbonyl (C=O) groups excluding carboxylic acids is 1. The van der Waals surface area contributed by atoms with Crippen LogP contribution >= 0.6 is 0 Å². The molecule has 0 aromatic carbocycles. The Bertz CT molecular complexity index is 443. The van der Waals surface area contributed by atoms with Crippen molar-refractivity contribution in [2.45, 2.75) is 25.2 Å². The molecule has 7 heteroatoms. The Balaban J connectivity index is 1.67. The van der Waals surface area contributed by atoms with Crippen LogP contribution in [-0.2, 0) is 9.47 Å². The third kappa shape index (κ3) is 3.94. The molecule has 112 valence electrons. The average molecular weight is 282 g/mol. The molecule has 0 bridgehead atoms. The predicted molar refractivity (Wildman–Crippen MR) is 74.6 cm³/mol. The summed E-state index contributed by atoms with van der Waals surface area (Å²) in [4.78, 5) is 11.9. The van der Waals surface area contributed by atoms with E-state index in [4.69, 9.17) is 15.2 Å². The number of hydrogen-bond acceptors (Lipinski definition) is 5. The van der Waals surface area contributed by atoms with Gasteiger partial charge >= 0.3 is 0 Å². The smallest absolute Gasteiger partial charge is 0.273 e. The lowest BCUT2D eigenvalue weighted by Gasteiger charge is -2.05. The largest absolute Gasteiger partial charge is 0.395 e. The quantitative estimate of drug-likeness (QED) is 0.577. The number of nitrogen functional groups attached to an aromatic ring is 1. The van der Waals surface area contributed by atoms with Crippen molar-refractivity contribution in [3.05, 3.63) is 11.4 Å². The maximum Gasteiger partial charge on any atom is 0.273 e. The molecule has 0 unspecified atom stereocenters. The van der Waals surface area contributed by atoms with Crippen molar-refractivity contribution in [2.24, 2.45) is 0 Å². The van der Waals surface area contributed by atoms with E-state index in [0.29, 0.717) is 43.7 Å². The SMILES string of the molecule is COCCOCCCNC(=O)c1n[nH]c(C2CC2)c1N. The molecular formula is C13H22N4O3. The second-order valence-electron chi connectivity index (χ2n) is 4.89. The van der Waals surface area contributed by atoms with Crippen LogP contribution in [0.3, 0.4) is 0 Å². The zero-order chi connectivity index (χ0) is 14.4. The van der Waals surface area contributed by atoms with Gasteiger partial charge in [0.25, 0.3) is 5.91 Å². The number of aromatic nitrogens is 2. The van der Waals surface area contributed by atoms with Crippen LogP contribution in [0.5, 0.6) is 0 Å². The highest BCUT2D eigenvalue weighted by molar-refractivity contribution is 5.97. The summed E-state index contributed by atoms with van der Waals surface area (Å²) in [5.41, 5.74) is 7.62. The van der Waals surface area contributed by atoms with Gasteiger partial charge in [0.1, 0.15) is 0 Å². The Morgan fingerprint density at radius 1 is 1.45 bits per heavy atom. The summed E-state index contributed by atoms with van der Waals surface area (Å²) in [7, 11) is 1.63. The van der Waals surface area contributed by atoms with Crippen molar-refractivity contribution in [1.29, 1.82) is 0 Å². The molecule has 1 heterocycles. The van der Waals surface area contributed by atoms with E-state index in [9.17, 15) is 4.79 Å². The monoisotopic (exact) mass is 282 g/mol. The number of hydrogen-bond donors (Lipinski definition) is 3. The number of nitrogens with one attached hydrogen (secondary N) is 2. The molecule has 1 aliphatic carbocycles. The molecule has 1 aliphatic rings. The summed E-state index contributed by atoms with van der Waals surface area (Å²) in [5.74, 6) is 0.223. The van der Waals surface area contributed by atoms with Crippen molar-refractivity contribution in [3.63, 3.8) is 0 Å². The van der Waals surface area contributed by atoms with E-state index in [1.165, 1.54) is 0 Å². The summed E-state index contributed by atoms with van der Waals surface area (Å²) >= 11 is 0. The van der Waals surface area contributed by atoms with Crippen LogP contribution in [0, 0.1) is 0 Å². The van der Waals surface area contributed by atoms with E-state index in [0.717, 1.165) is 25.0 Å². The number of anilines is 1. The van der Waals surface area contributed by atoms with Gasteiger partial charge in [-0.2, -0.15) is 5.10 Å². The highest BCUT2D eigenvalue weighted by Crippen LogP contribution is 2.42. The molecule has 1 saturated carbocycles. The molecular weight excluding hydrogens is 260 g/mol. The van der Waals surface area contributed by atoms with Crippen LogP contribution in [0.4, 0.5) is 5.69 Å². The van der Waals surface area contributed by atoms with Crippen LogP contribution in [0.15, 0.2) is 0 Å². The minimum Gasteiger partial charge on any atom is -0.395 e. The van der Waals surface area contributed by atoms with Gasteiger partial charge in [0.15, 0.2) is 5.69 Å². The van der Waals surface area contributed by atoms with E-state index < -0.39 is 0 Å². The minimum absolute atomic E-state index is 0.234. The van der Waals surface area contributed by atoms with Crippen LogP contribution in [0.25, 0.3) is 0 Å². The van der Waals surface area contributed by atoms with Gasteiger partial charge in [-0.15, -0.1) is 0 Å². The molecule has 7 nitrogen and oxygen atoms in total. The maximum absolute atomic E-state index is 11.9. The van der Waals surface area contributed by atoms with Crippen molar-refractivity contribution in [2.75, 3.05) is 39.2 Å². The first-order chi connectivity index (χ1) is 9.74. The van der Waals surface area contributed by atoms with E-state index in [-0.39, 0.29) is 5.91 Å². The third-order valence-electron chi connectivity index (χ3n) is 3.22. The summed E-state index contributed by atoms with van der Waals surface area (Å²) < 4.78 is 10.2. The van der Waals surface area contributed by atoms with E-state index in [1.807, 2.05) is 0 Å². The lowest BCUT2D eigenvalue weighted by molar-refractivity contribution is 0.0688. The molecule has 2 rings (SSSR count). The molecule has 0 spiro atoms. The standard InChI is InChI=1S/C13H22N4O3/c1-19-7-8-20-6-2-5-15-13(18)12-10(14)11(16-17-12)9-3-4-9/h9H,2-8,14H2,1H3,(H,15,18)(H,16,17). The molecule has 20 heavy (non-hydrogen) atoms. The fourth-order valence-corrected chi connectivity index (χ4v) is 1.92. The van der Waals surface area contributed by atoms with Gasteiger partial charge in [-0.05, 0) is 19.3 Å². The molecule has 0 saturated heterocycles. The molecule has 0 radical (unpaired) electrons. The lowest BCUT2D eigenvalue weighted by atomic mass is 10.2. The van der Waals surface area contributed by atoms with Gasteiger partial charge in [-0.3, -0.25) is 9.89 Å². The van der Waals surface area contributed by atoms with Crippen LogP contribution in [0.1, 0.15) is 41.4 Å². The minimum atomic E-state index is -0.234. The average Bonchev–Trinajstić information content (AvgIpc) is 3.21. The maximum atomic E-state index is 11.9. The number of rotatable bonds is 9. The van der Waals surface area contributed by atoms with E-state index in [2.05, 4.69) is 15.5 Å². The van der Waals surface area contributed by atoms with Crippen molar-refractivity contribution < 1.29 is 14.3 Å². The fourth-order valence-electron chi connectivity index (χ4n) is 1.92. The zero-order valence-electron chi connectivity index (χ0n) is 11.8. The number of nitrogens with two attached hydrogens (primary N) is 1. The van der Waals surface area contributed by atoms with E-state index in [1.54, 1.807) is 7.11 Å². The second-order valence-corrected chi connectivity index (χ2v) is 4.89. The molecule has 4 N–H and O–H groups in total. The zero-order valence-corrected chi connectivity index (χ0v) is 11.8. The van der Waals surface area contributed by atoms with Gasteiger partial charge in [-0.1, -0.05) is 0 Å². The molecule has 1 aromatic rings. The Kier molecular flexibility index (Phi) is 5.37. The number of carbonyl (C=O) groups is 1. The lowest BCUT2D eigenvalue weighted by Crippen LogP contribution is -2.26. The van der Waals surface area contributed by atoms with Crippen molar-refractivity contribution in [1.82, 2.24) is 15.5 Å². The summed E-state index contributed by atoms with van der Waals surface area (Å²) in [6, 6.07) is 0. The number of nitrogens with zero attached hydrogens (tertiary/aromatic N) is 1. The number of methoxy groups -OCH3 is 1. The van der Waals surface area contributed by atoms with Gasteiger partial charge in [0.05, 0.1) is 24.6 Å². The second kappa shape index (κ2) is 7.25. The number of aromatic amines is 1. The number of H-pyrrole nitrogens is 1. The van der Waals surface area contributed by atoms with Crippen LogP contribution in [0.2, 0.25) is 0 Å². The summed E-state index contributed by atoms with van der Waals surface area (Å²) in [6.07, 6.45) is 2.98. The highest BCUT2D eigenvalue weighted by atomic mass is 16.5. The first-order valence-corrected chi connectivity index (χ1v) is 6.92. The van der Waals surface area contributed by atoms with E-state index >= 15 is 0 Å². The Hall–Kier alpha value is -1.60. The van der Waals surface area contributed by atoms with Gasteiger partial charge in [-0.25, -0.2) is 0 Å². The third-order valence-corrected chi connectivity index (χ3v) is 3.22. The molecule has 1 fully saturated rings. The predicted octanol–water partition coefficient (Wildman–Crippen LogP) is 0.652. The number of ether oxygens (including phenoxy) is 2. The molecule has 0 atom stereocenters. The summed E-state index contributed by atoms with van der Waals surface area (Å²) in [6.45, 7) is 2.28. The first-order valence-electron chi connectivity index (χ1n) is 6.92.